The Hall–Kier alpha value is -0.940. The Bertz CT molecular complexity index is 148. The van der Waals surface area contributed by atoms with Crippen molar-refractivity contribution in [1.82, 2.24) is 0 Å². The number of ether oxygens (including phenoxy) is 1. The van der Waals surface area contributed by atoms with E-state index < -0.39 is 0 Å². The number of rotatable bonds is 0. The maximum Gasteiger partial charge on any atom is 0.133 e. The summed E-state index contributed by atoms with van der Waals surface area (Å²) in [6.45, 7) is 1.90. The van der Waals surface area contributed by atoms with Crippen molar-refractivity contribution in [2.75, 3.05) is 0 Å². The third-order valence-corrected chi connectivity index (χ3v) is 0.727. The van der Waals surface area contributed by atoms with Gasteiger partial charge in [-0.15, -0.1) is 0 Å². The fraction of sp³-hybridized carbons (Fsp3) is 0.167. The Morgan fingerprint density at radius 1 is 1.71 bits per heavy atom. The maximum absolute atomic E-state index is 4.87. The minimum absolute atomic E-state index is 0.916. The van der Waals surface area contributed by atoms with Gasteiger partial charge in [0.05, 0.1) is 0 Å². The van der Waals surface area contributed by atoms with Crippen molar-refractivity contribution in [1.29, 1.82) is 0 Å². The molecule has 36 valence electrons. The molecule has 0 spiro atoms. The Balaban J connectivity index is 2.77. The zero-order valence-corrected chi connectivity index (χ0v) is 4.14. The lowest BCUT2D eigenvalue weighted by molar-refractivity contribution is 0.351. The average Bonchev–Trinajstić information content (AvgIpc) is 1.69. The van der Waals surface area contributed by atoms with Gasteiger partial charge in [0.2, 0.25) is 0 Å². The first-order valence-electron chi connectivity index (χ1n) is 2.14. The number of allylic oxidation sites excluding steroid dienone is 3. The molecule has 0 fully saturated rings. The van der Waals surface area contributed by atoms with Crippen LogP contribution >= 0.6 is 0 Å². The highest BCUT2D eigenvalue weighted by molar-refractivity contribution is 5.09. The zero-order valence-electron chi connectivity index (χ0n) is 4.14. The molecule has 1 rings (SSSR count). The molecule has 1 heteroatoms. The van der Waals surface area contributed by atoms with Crippen LogP contribution in [0.5, 0.6) is 0 Å². The molecule has 0 N–H and O–H groups in total. The molecule has 1 nitrogen and oxygen atoms in total. The molecule has 0 atom stereocenters. The van der Waals surface area contributed by atoms with E-state index in [0.717, 1.165) is 5.76 Å². The topological polar surface area (TPSA) is 9.23 Å². The predicted molar refractivity (Wildman–Crippen MR) is 27.5 cm³/mol. The van der Waals surface area contributed by atoms with Crippen molar-refractivity contribution in [2.45, 2.75) is 6.92 Å². The van der Waals surface area contributed by atoms with Gasteiger partial charge in [0.15, 0.2) is 0 Å². The van der Waals surface area contributed by atoms with Gasteiger partial charge in [-0.2, -0.15) is 0 Å². The van der Waals surface area contributed by atoms with E-state index in [2.05, 4.69) is 5.73 Å². The lowest BCUT2D eigenvalue weighted by atomic mass is 10.4. The maximum atomic E-state index is 4.87. The van der Waals surface area contributed by atoms with Crippen molar-refractivity contribution in [3.63, 3.8) is 0 Å². The highest BCUT2D eigenvalue weighted by Gasteiger charge is 1.82. The quantitative estimate of drug-likeness (QED) is 0.414. The van der Waals surface area contributed by atoms with Crippen LogP contribution in [0.3, 0.4) is 0 Å². The largest absolute Gasteiger partial charge is 0.461 e. The van der Waals surface area contributed by atoms with Crippen molar-refractivity contribution in [2.24, 2.45) is 0 Å². The Labute approximate surface area is 42.6 Å². The summed E-state index contributed by atoms with van der Waals surface area (Å²) in [5.41, 5.74) is 2.77. The molecule has 1 aliphatic heterocycles. The van der Waals surface area contributed by atoms with Gasteiger partial charge in [0.1, 0.15) is 12.0 Å². The molecule has 0 amide bonds. The third-order valence-electron chi connectivity index (χ3n) is 0.727. The van der Waals surface area contributed by atoms with Crippen LogP contribution in [-0.2, 0) is 4.74 Å². The van der Waals surface area contributed by atoms with Crippen molar-refractivity contribution >= 4 is 0 Å². The SMILES string of the molecule is CC1=CC=C=CO1. The molecule has 0 aromatic carbocycles. The highest BCUT2D eigenvalue weighted by Crippen LogP contribution is 1.98. The van der Waals surface area contributed by atoms with E-state index in [0.29, 0.717) is 0 Å². The van der Waals surface area contributed by atoms with E-state index in [-0.39, 0.29) is 0 Å². The number of hydrogen-bond donors (Lipinski definition) is 0. The van der Waals surface area contributed by atoms with E-state index in [9.17, 15) is 0 Å². The molecule has 0 saturated heterocycles. The predicted octanol–water partition coefficient (Wildman–Crippen LogP) is 1.59. The molecular weight excluding hydrogens is 88.1 g/mol. The molecule has 0 aliphatic carbocycles. The summed E-state index contributed by atoms with van der Waals surface area (Å²) in [6.07, 6.45) is 5.22. The normalized spacial score (nSPS) is 15.9. The van der Waals surface area contributed by atoms with E-state index in [1.807, 2.05) is 19.1 Å². The average molecular weight is 94.1 g/mol. The molecule has 0 bridgehead atoms. The van der Waals surface area contributed by atoms with Crippen molar-refractivity contribution in [3.8, 4) is 0 Å². The smallest absolute Gasteiger partial charge is 0.133 e. The minimum Gasteiger partial charge on any atom is -0.461 e. The molecule has 0 saturated carbocycles. The van der Waals surface area contributed by atoms with Crippen molar-refractivity contribution < 1.29 is 4.74 Å². The summed E-state index contributed by atoms with van der Waals surface area (Å²) in [6, 6.07) is 0. The second-order valence-corrected chi connectivity index (χ2v) is 1.35. The molecule has 7 heavy (non-hydrogen) atoms. The van der Waals surface area contributed by atoms with Crippen LogP contribution in [0.25, 0.3) is 0 Å². The van der Waals surface area contributed by atoms with Crippen LogP contribution in [0.1, 0.15) is 6.92 Å². The molecule has 1 heterocycles. The first kappa shape index (κ1) is 4.23. The molecular formula is C6H6O. The molecule has 0 aromatic heterocycles. The van der Waals surface area contributed by atoms with E-state index in [1.165, 1.54) is 6.26 Å². The summed E-state index contributed by atoms with van der Waals surface area (Å²) in [5, 5.41) is 0. The molecule has 0 aromatic rings. The lowest BCUT2D eigenvalue weighted by Crippen LogP contribution is -1.77. The zero-order chi connectivity index (χ0) is 5.11. The molecule has 0 unspecified atom stereocenters. The summed E-state index contributed by atoms with van der Waals surface area (Å²) in [7, 11) is 0. The van der Waals surface area contributed by atoms with Gasteiger partial charge in [-0.25, -0.2) is 0 Å². The van der Waals surface area contributed by atoms with E-state index in [1.54, 1.807) is 0 Å². The Kier molecular flexibility index (Phi) is 1.01. The van der Waals surface area contributed by atoms with Gasteiger partial charge in [-0.1, -0.05) is 5.73 Å². The summed E-state index contributed by atoms with van der Waals surface area (Å²) < 4.78 is 4.87. The lowest BCUT2D eigenvalue weighted by Gasteiger charge is -1.96. The summed E-state index contributed by atoms with van der Waals surface area (Å²) >= 11 is 0. The highest BCUT2D eigenvalue weighted by atomic mass is 16.5. The fourth-order valence-electron chi connectivity index (χ4n) is 0.371. The van der Waals surface area contributed by atoms with Gasteiger partial charge in [0.25, 0.3) is 0 Å². The van der Waals surface area contributed by atoms with Crippen molar-refractivity contribution in [3.05, 3.63) is 29.9 Å². The van der Waals surface area contributed by atoms with Gasteiger partial charge in [0, 0.05) is 0 Å². The minimum atomic E-state index is 0.916. The Morgan fingerprint density at radius 2 is 2.57 bits per heavy atom. The summed E-state index contributed by atoms with van der Waals surface area (Å²) in [5.74, 6) is 0.916. The summed E-state index contributed by atoms with van der Waals surface area (Å²) in [4.78, 5) is 0. The van der Waals surface area contributed by atoms with Crippen LogP contribution < -0.4 is 0 Å². The number of hydrogen-bond acceptors (Lipinski definition) is 1. The van der Waals surface area contributed by atoms with Gasteiger partial charge in [-0.05, 0) is 19.1 Å². The van der Waals surface area contributed by atoms with Gasteiger partial charge >= 0.3 is 0 Å². The van der Waals surface area contributed by atoms with Gasteiger partial charge < -0.3 is 4.74 Å². The first-order valence-corrected chi connectivity index (χ1v) is 2.14. The second kappa shape index (κ2) is 1.67. The monoisotopic (exact) mass is 94.0 g/mol. The third kappa shape index (κ3) is 0.951. The van der Waals surface area contributed by atoms with Crippen LogP contribution in [0.4, 0.5) is 0 Å². The fourth-order valence-corrected chi connectivity index (χ4v) is 0.371. The van der Waals surface area contributed by atoms with Crippen LogP contribution in [-0.4, -0.2) is 0 Å². The van der Waals surface area contributed by atoms with Crippen LogP contribution in [0, 0.1) is 0 Å². The molecule has 0 radical (unpaired) electrons. The van der Waals surface area contributed by atoms with E-state index in [4.69, 9.17) is 4.74 Å². The first-order chi connectivity index (χ1) is 3.39. The standard InChI is InChI=1S/C6H6O/c1-6-4-2-3-5-7-6/h2,4-5H,1H3. The Morgan fingerprint density at radius 3 is 2.86 bits per heavy atom. The van der Waals surface area contributed by atoms with Crippen LogP contribution in [0.2, 0.25) is 0 Å². The van der Waals surface area contributed by atoms with E-state index >= 15 is 0 Å². The second-order valence-electron chi connectivity index (χ2n) is 1.35. The van der Waals surface area contributed by atoms with Gasteiger partial charge in [-0.3, -0.25) is 0 Å². The van der Waals surface area contributed by atoms with Crippen LogP contribution in [0.15, 0.2) is 29.9 Å². The molecule has 1 aliphatic rings.